The molecule has 0 unspecified atom stereocenters. The van der Waals surface area contributed by atoms with E-state index in [1.807, 2.05) is 6.92 Å². The monoisotopic (exact) mass is 333 g/mol. The van der Waals surface area contributed by atoms with E-state index in [0.717, 1.165) is 10.8 Å². The number of thioether (sulfide) groups is 1. The van der Waals surface area contributed by atoms with Crippen LogP contribution in [0.25, 0.3) is 0 Å². The summed E-state index contributed by atoms with van der Waals surface area (Å²) in [5.41, 5.74) is 5.79. The van der Waals surface area contributed by atoms with Crippen molar-refractivity contribution in [3.63, 3.8) is 0 Å². The van der Waals surface area contributed by atoms with Gasteiger partial charge in [-0.15, -0.1) is 10.2 Å². The maximum Gasteiger partial charge on any atom is 0.230 e. The summed E-state index contributed by atoms with van der Waals surface area (Å²) >= 11 is 2.88. The molecule has 1 aromatic carbocycles. The highest BCUT2D eigenvalue weighted by molar-refractivity contribution is 8.01. The van der Waals surface area contributed by atoms with E-state index in [0.29, 0.717) is 5.75 Å². The third-order valence-corrected chi connectivity index (χ3v) is 5.78. The van der Waals surface area contributed by atoms with Crippen molar-refractivity contribution in [1.82, 2.24) is 15.5 Å². The summed E-state index contributed by atoms with van der Waals surface area (Å²) in [4.78, 5) is 12.0. The number of nitrogens with zero attached hydrogens (tertiary/aromatic N) is 2. The number of hydrogen-bond acceptors (Lipinski definition) is 5. The first-order valence-corrected chi connectivity index (χ1v) is 9.39. The number of fused-ring (bicyclic) bond motifs is 1. The van der Waals surface area contributed by atoms with Crippen LogP contribution in [0.4, 0.5) is 0 Å². The minimum absolute atomic E-state index is 0.0328. The first-order chi connectivity index (χ1) is 10.7. The van der Waals surface area contributed by atoms with Crippen molar-refractivity contribution in [3.05, 3.63) is 40.4 Å². The highest BCUT2D eigenvalue weighted by Gasteiger charge is 2.14. The van der Waals surface area contributed by atoms with E-state index in [2.05, 4.69) is 33.7 Å². The van der Waals surface area contributed by atoms with Crippen molar-refractivity contribution in [1.29, 1.82) is 0 Å². The van der Waals surface area contributed by atoms with Crippen molar-refractivity contribution in [2.75, 3.05) is 5.75 Å². The Balaban J connectivity index is 1.56. The van der Waals surface area contributed by atoms with Crippen LogP contribution in [-0.4, -0.2) is 21.9 Å². The molecule has 0 fully saturated rings. The second-order valence-corrected chi connectivity index (χ2v) is 7.57. The molecule has 1 aromatic heterocycles. The Hall–Kier alpha value is -1.40. The summed E-state index contributed by atoms with van der Waals surface area (Å²) in [5, 5.41) is 10.8. The number of aryl methyl sites for hydroxylation is 2. The molecule has 0 radical (unpaired) electrons. The van der Waals surface area contributed by atoms with Crippen molar-refractivity contribution in [2.45, 2.75) is 43.0 Å². The predicted molar refractivity (Wildman–Crippen MR) is 90.3 cm³/mol. The SMILES string of the molecule is C[C@H](NC(=O)CSc1nncs1)c1ccc2c(c1)CCCC2. The van der Waals surface area contributed by atoms with Gasteiger partial charge < -0.3 is 5.32 Å². The van der Waals surface area contributed by atoms with Gasteiger partial charge in [0, 0.05) is 0 Å². The van der Waals surface area contributed by atoms with Gasteiger partial charge in [-0.1, -0.05) is 41.3 Å². The summed E-state index contributed by atoms with van der Waals surface area (Å²) in [7, 11) is 0. The Morgan fingerprint density at radius 1 is 1.36 bits per heavy atom. The number of amides is 1. The van der Waals surface area contributed by atoms with Gasteiger partial charge in [0.1, 0.15) is 5.51 Å². The van der Waals surface area contributed by atoms with Gasteiger partial charge in [0.05, 0.1) is 11.8 Å². The molecule has 3 rings (SSSR count). The molecule has 0 saturated heterocycles. The summed E-state index contributed by atoms with van der Waals surface area (Å²) in [5.74, 6) is 0.412. The van der Waals surface area contributed by atoms with E-state index in [9.17, 15) is 4.79 Å². The van der Waals surface area contributed by atoms with Crippen molar-refractivity contribution in [2.24, 2.45) is 0 Å². The number of aromatic nitrogens is 2. The maximum atomic E-state index is 12.0. The van der Waals surface area contributed by atoms with Crippen LogP contribution in [0.2, 0.25) is 0 Å². The molecule has 0 bridgehead atoms. The molecule has 2 aromatic rings. The number of benzene rings is 1. The number of hydrogen-bond donors (Lipinski definition) is 1. The summed E-state index contributed by atoms with van der Waals surface area (Å²) in [6.45, 7) is 2.04. The van der Waals surface area contributed by atoms with Gasteiger partial charge in [-0.2, -0.15) is 0 Å². The molecule has 1 amide bonds. The molecule has 22 heavy (non-hydrogen) atoms. The molecule has 4 nitrogen and oxygen atoms in total. The fraction of sp³-hybridized carbons (Fsp3) is 0.438. The summed E-state index contributed by atoms with van der Waals surface area (Å²) < 4.78 is 0.830. The van der Waals surface area contributed by atoms with E-state index in [4.69, 9.17) is 0 Å². The van der Waals surface area contributed by atoms with E-state index in [1.165, 1.54) is 59.1 Å². The lowest BCUT2D eigenvalue weighted by atomic mass is 9.89. The Bertz CT molecular complexity index is 643. The molecule has 1 N–H and O–H groups in total. The fourth-order valence-corrected chi connectivity index (χ4v) is 4.04. The van der Waals surface area contributed by atoms with Crippen LogP contribution in [0.3, 0.4) is 0 Å². The van der Waals surface area contributed by atoms with Crippen LogP contribution in [0, 0.1) is 0 Å². The zero-order valence-electron chi connectivity index (χ0n) is 12.5. The van der Waals surface area contributed by atoms with E-state index < -0.39 is 0 Å². The van der Waals surface area contributed by atoms with Crippen LogP contribution in [-0.2, 0) is 17.6 Å². The zero-order chi connectivity index (χ0) is 15.4. The fourth-order valence-electron chi connectivity index (χ4n) is 2.74. The van der Waals surface area contributed by atoms with Crippen molar-refractivity contribution < 1.29 is 4.79 Å². The third kappa shape index (κ3) is 3.87. The highest BCUT2D eigenvalue weighted by Crippen LogP contribution is 2.25. The molecule has 0 saturated carbocycles. The molecule has 0 spiro atoms. The van der Waals surface area contributed by atoms with Crippen LogP contribution < -0.4 is 5.32 Å². The molecule has 1 heterocycles. The molecule has 0 aliphatic heterocycles. The average molecular weight is 333 g/mol. The van der Waals surface area contributed by atoms with Crippen LogP contribution >= 0.6 is 23.1 Å². The van der Waals surface area contributed by atoms with Crippen LogP contribution in [0.15, 0.2) is 28.0 Å². The standard InChI is InChI=1S/C16H19N3OS2/c1-11(18-15(20)9-21-16-19-17-10-22-16)13-7-6-12-4-2-3-5-14(12)8-13/h6-8,10-11H,2-5,9H2,1H3,(H,18,20)/t11-/m0/s1. The minimum atomic E-state index is 0.0328. The smallest absolute Gasteiger partial charge is 0.230 e. The van der Waals surface area contributed by atoms with Gasteiger partial charge in [-0.05, 0) is 49.3 Å². The topological polar surface area (TPSA) is 54.9 Å². The van der Waals surface area contributed by atoms with E-state index >= 15 is 0 Å². The number of carbonyl (C=O) groups excluding carboxylic acids is 1. The number of rotatable bonds is 5. The minimum Gasteiger partial charge on any atom is -0.349 e. The lowest BCUT2D eigenvalue weighted by molar-refractivity contribution is -0.119. The molecule has 1 aliphatic rings. The first kappa shape index (κ1) is 15.5. The highest BCUT2D eigenvalue weighted by atomic mass is 32.2. The number of nitrogens with one attached hydrogen (secondary N) is 1. The average Bonchev–Trinajstić information content (AvgIpc) is 3.06. The summed E-state index contributed by atoms with van der Waals surface area (Å²) in [6, 6.07) is 6.67. The molecular weight excluding hydrogens is 314 g/mol. The van der Waals surface area contributed by atoms with Crippen molar-refractivity contribution >= 4 is 29.0 Å². The predicted octanol–water partition coefficient (Wildman–Crippen LogP) is 3.39. The quantitative estimate of drug-likeness (QED) is 0.852. The van der Waals surface area contributed by atoms with Crippen molar-refractivity contribution in [3.8, 4) is 0 Å². The maximum absolute atomic E-state index is 12.0. The lowest BCUT2D eigenvalue weighted by Crippen LogP contribution is -2.28. The summed E-state index contributed by atoms with van der Waals surface area (Å²) in [6.07, 6.45) is 4.92. The molecule has 6 heteroatoms. The lowest BCUT2D eigenvalue weighted by Gasteiger charge is -2.20. The molecular formula is C16H19N3OS2. The van der Waals surface area contributed by atoms with Gasteiger partial charge in [-0.3, -0.25) is 4.79 Å². The molecule has 1 atom stereocenters. The zero-order valence-corrected chi connectivity index (χ0v) is 14.2. The third-order valence-electron chi connectivity index (χ3n) is 3.92. The normalized spacial score (nSPS) is 15.1. The molecule has 1 aliphatic carbocycles. The van der Waals surface area contributed by atoms with Gasteiger partial charge in [0.25, 0.3) is 0 Å². The van der Waals surface area contributed by atoms with Gasteiger partial charge in [0.15, 0.2) is 4.34 Å². The Kier molecular flexibility index (Phi) is 5.10. The van der Waals surface area contributed by atoms with Crippen LogP contribution in [0.1, 0.15) is 42.5 Å². The van der Waals surface area contributed by atoms with E-state index in [-0.39, 0.29) is 11.9 Å². The van der Waals surface area contributed by atoms with E-state index in [1.54, 1.807) is 5.51 Å². The Labute approximate surface area is 138 Å². The molecule has 116 valence electrons. The van der Waals surface area contributed by atoms with Crippen LogP contribution in [0.5, 0.6) is 0 Å². The van der Waals surface area contributed by atoms with Gasteiger partial charge in [0.2, 0.25) is 5.91 Å². The Morgan fingerprint density at radius 2 is 2.18 bits per heavy atom. The number of carbonyl (C=O) groups is 1. The second-order valence-electron chi connectivity index (χ2n) is 5.52. The Morgan fingerprint density at radius 3 is 2.95 bits per heavy atom. The first-order valence-electron chi connectivity index (χ1n) is 7.52. The van der Waals surface area contributed by atoms with Gasteiger partial charge >= 0.3 is 0 Å². The largest absolute Gasteiger partial charge is 0.349 e. The van der Waals surface area contributed by atoms with Gasteiger partial charge in [-0.25, -0.2) is 0 Å². The second kappa shape index (κ2) is 7.24.